The molecular weight excluding hydrogens is 380 g/mol. The molecule has 1 N–H and O–H groups in total. The SMILES string of the molecule is C=C(CCC(C)C1CCC2=C3C=CC4(OC)CC(O)CCC4(C)C3CCC21C)C(C)C. The fraction of sp³-hybridized carbons (Fsp3) is 0.793. The quantitative estimate of drug-likeness (QED) is 0.453. The summed E-state index contributed by atoms with van der Waals surface area (Å²) in [7, 11) is 1.85. The summed E-state index contributed by atoms with van der Waals surface area (Å²) < 4.78 is 6.20. The third-order valence-electron chi connectivity index (χ3n) is 10.5. The normalized spacial score (nSPS) is 42.9. The van der Waals surface area contributed by atoms with E-state index in [1.54, 1.807) is 11.1 Å². The van der Waals surface area contributed by atoms with Crippen molar-refractivity contribution in [2.75, 3.05) is 7.11 Å². The Bertz CT molecular complexity index is 776. The summed E-state index contributed by atoms with van der Waals surface area (Å²) in [6.07, 6.45) is 14.9. The molecule has 0 amide bonds. The molecule has 2 saturated carbocycles. The Labute approximate surface area is 191 Å². The molecular formula is C29H46O2. The van der Waals surface area contributed by atoms with Crippen LogP contribution >= 0.6 is 0 Å². The van der Waals surface area contributed by atoms with E-state index in [0.29, 0.717) is 17.3 Å². The van der Waals surface area contributed by atoms with Crippen molar-refractivity contribution in [1.82, 2.24) is 0 Å². The Morgan fingerprint density at radius 3 is 2.61 bits per heavy atom. The van der Waals surface area contributed by atoms with E-state index in [9.17, 15) is 5.11 Å². The Hall–Kier alpha value is -0.860. The van der Waals surface area contributed by atoms with E-state index < -0.39 is 0 Å². The monoisotopic (exact) mass is 426 g/mol. The van der Waals surface area contributed by atoms with Crippen LogP contribution in [0, 0.1) is 34.5 Å². The highest BCUT2D eigenvalue weighted by Gasteiger charge is 2.60. The highest BCUT2D eigenvalue weighted by molar-refractivity contribution is 5.44. The fourth-order valence-corrected chi connectivity index (χ4v) is 8.14. The lowest BCUT2D eigenvalue weighted by atomic mass is 9.49. The second-order valence-electron chi connectivity index (χ2n) is 12.2. The lowest BCUT2D eigenvalue weighted by molar-refractivity contribution is -0.151. The fourth-order valence-electron chi connectivity index (χ4n) is 8.14. The first kappa shape index (κ1) is 23.3. The van der Waals surface area contributed by atoms with Crippen molar-refractivity contribution in [3.8, 4) is 0 Å². The number of fused-ring (bicyclic) bond motifs is 4. The number of aliphatic hydroxyl groups is 1. The maximum atomic E-state index is 10.4. The largest absolute Gasteiger partial charge is 0.393 e. The van der Waals surface area contributed by atoms with Gasteiger partial charge in [0.2, 0.25) is 0 Å². The number of hydrogen-bond acceptors (Lipinski definition) is 2. The molecule has 4 aliphatic rings. The topological polar surface area (TPSA) is 29.5 Å². The molecule has 7 unspecified atom stereocenters. The van der Waals surface area contributed by atoms with Gasteiger partial charge in [-0.1, -0.05) is 64.5 Å². The van der Waals surface area contributed by atoms with E-state index in [-0.39, 0.29) is 17.1 Å². The molecule has 0 bridgehead atoms. The molecule has 0 aromatic carbocycles. The van der Waals surface area contributed by atoms with Crippen molar-refractivity contribution in [2.45, 2.75) is 104 Å². The molecule has 0 radical (unpaired) electrons. The van der Waals surface area contributed by atoms with Gasteiger partial charge in [0.15, 0.2) is 0 Å². The van der Waals surface area contributed by atoms with Crippen LogP contribution in [0.3, 0.4) is 0 Å². The minimum absolute atomic E-state index is 0.0953. The highest BCUT2D eigenvalue weighted by atomic mass is 16.5. The van der Waals surface area contributed by atoms with Gasteiger partial charge in [-0.2, -0.15) is 0 Å². The predicted octanol–water partition coefficient (Wildman–Crippen LogP) is 7.24. The van der Waals surface area contributed by atoms with Crippen LogP contribution in [0.1, 0.15) is 92.4 Å². The summed E-state index contributed by atoms with van der Waals surface area (Å²) in [4.78, 5) is 0. The summed E-state index contributed by atoms with van der Waals surface area (Å²) >= 11 is 0. The Kier molecular flexibility index (Phi) is 6.14. The minimum atomic E-state index is -0.310. The van der Waals surface area contributed by atoms with E-state index in [0.717, 1.165) is 31.1 Å². The summed E-state index contributed by atoms with van der Waals surface area (Å²) in [6, 6.07) is 0. The van der Waals surface area contributed by atoms with Gasteiger partial charge in [0.25, 0.3) is 0 Å². The zero-order chi connectivity index (χ0) is 22.6. The van der Waals surface area contributed by atoms with Crippen LogP contribution in [-0.2, 0) is 4.74 Å². The van der Waals surface area contributed by atoms with Crippen molar-refractivity contribution in [3.05, 3.63) is 35.5 Å². The van der Waals surface area contributed by atoms with E-state index >= 15 is 0 Å². The van der Waals surface area contributed by atoms with Gasteiger partial charge in [-0.15, -0.1) is 0 Å². The number of methoxy groups -OCH3 is 1. The van der Waals surface area contributed by atoms with Gasteiger partial charge in [0.05, 0.1) is 11.7 Å². The standard InChI is InChI=1S/C29H46O2/c1-19(2)20(3)8-9-21(4)24-10-11-25-23-13-17-29(31-7)18-22(30)12-16-28(29,6)26(23)14-15-27(24,25)5/h13,17,19,21-22,24,26,30H,3,8-12,14-16,18H2,1-2,4-7H3. The van der Waals surface area contributed by atoms with Crippen molar-refractivity contribution < 1.29 is 9.84 Å². The Morgan fingerprint density at radius 2 is 1.94 bits per heavy atom. The van der Waals surface area contributed by atoms with Crippen LogP contribution in [0.15, 0.2) is 35.5 Å². The molecule has 2 nitrogen and oxygen atoms in total. The predicted molar refractivity (Wildman–Crippen MR) is 130 cm³/mol. The van der Waals surface area contributed by atoms with Crippen molar-refractivity contribution >= 4 is 0 Å². The van der Waals surface area contributed by atoms with Crippen LogP contribution in [0.4, 0.5) is 0 Å². The molecule has 0 spiro atoms. The van der Waals surface area contributed by atoms with E-state index in [4.69, 9.17) is 4.74 Å². The van der Waals surface area contributed by atoms with Crippen LogP contribution in [0.5, 0.6) is 0 Å². The molecule has 31 heavy (non-hydrogen) atoms. The van der Waals surface area contributed by atoms with Gasteiger partial charge in [0.1, 0.15) is 0 Å². The summed E-state index contributed by atoms with van der Waals surface area (Å²) in [6.45, 7) is 16.4. The third kappa shape index (κ3) is 3.52. The van der Waals surface area contributed by atoms with Gasteiger partial charge in [0, 0.05) is 18.9 Å². The molecule has 0 aromatic rings. The smallest absolute Gasteiger partial charge is 0.0945 e. The Balaban J connectivity index is 1.63. The molecule has 0 saturated heterocycles. The van der Waals surface area contributed by atoms with Crippen molar-refractivity contribution in [2.24, 2.45) is 34.5 Å². The van der Waals surface area contributed by atoms with Gasteiger partial charge in [-0.3, -0.25) is 0 Å². The number of ether oxygens (including phenoxy) is 1. The number of allylic oxidation sites excluding steroid dienone is 4. The zero-order valence-corrected chi connectivity index (χ0v) is 21.0. The lowest BCUT2D eigenvalue weighted by Gasteiger charge is -2.59. The van der Waals surface area contributed by atoms with E-state index in [1.807, 2.05) is 7.11 Å². The highest BCUT2D eigenvalue weighted by Crippen LogP contribution is 2.65. The molecule has 7 atom stereocenters. The molecule has 4 rings (SSSR count). The lowest BCUT2D eigenvalue weighted by Crippen LogP contribution is -2.58. The molecule has 2 fully saturated rings. The maximum Gasteiger partial charge on any atom is 0.0945 e. The van der Waals surface area contributed by atoms with Crippen LogP contribution in [-0.4, -0.2) is 23.9 Å². The van der Waals surface area contributed by atoms with Crippen LogP contribution in [0.2, 0.25) is 0 Å². The summed E-state index contributed by atoms with van der Waals surface area (Å²) in [5, 5.41) is 10.4. The van der Waals surface area contributed by atoms with Gasteiger partial charge < -0.3 is 9.84 Å². The first-order valence-electron chi connectivity index (χ1n) is 12.9. The minimum Gasteiger partial charge on any atom is -0.393 e. The number of hydrogen-bond donors (Lipinski definition) is 1. The van der Waals surface area contributed by atoms with Crippen LogP contribution in [0.25, 0.3) is 0 Å². The molecule has 2 heteroatoms. The molecule has 4 aliphatic carbocycles. The molecule has 0 heterocycles. The van der Waals surface area contributed by atoms with Gasteiger partial charge in [-0.25, -0.2) is 0 Å². The third-order valence-corrected chi connectivity index (χ3v) is 10.5. The average molecular weight is 427 g/mol. The molecule has 0 aromatic heterocycles. The van der Waals surface area contributed by atoms with Crippen molar-refractivity contribution in [1.29, 1.82) is 0 Å². The van der Waals surface area contributed by atoms with Crippen LogP contribution < -0.4 is 0 Å². The first-order valence-corrected chi connectivity index (χ1v) is 12.9. The summed E-state index contributed by atoms with van der Waals surface area (Å²) in [5.74, 6) is 2.71. The maximum absolute atomic E-state index is 10.4. The van der Waals surface area contributed by atoms with E-state index in [1.165, 1.54) is 44.1 Å². The first-order chi connectivity index (χ1) is 14.6. The number of aliphatic hydroxyl groups excluding tert-OH is 1. The Morgan fingerprint density at radius 1 is 1.19 bits per heavy atom. The van der Waals surface area contributed by atoms with Gasteiger partial charge in [-0.05, 0) is 86.0 Å². The molecule has 174 valence electrons. The van der Waals surface area contributed by atoms with Gasteiger partial charge >= 0.3 is 0 Å². The van der Waals surface area contributed by atoms with Crippen molar-refractivity contribution in [3.63, 3.8) is 0 Å². The summed E-state index contributed by atoms with van der Waals surface area (Å²) in [5.41, 5.74) is 4.95. The number of rotatable bonds is 6. The second kappa shape index (κ2) is 8.17. The zero-order valence-electron chi connectivity index (χ0n) is 21.0. The second-order valence-corrected chi connectivity index (χ2v) is 12.2. The molecule has 0 aliphatic heterocycles. The van der Waals surface area contributed by atoms with E-state index in [2.05, 4.69) is 53.3 Å². The average Bonchev–Trinajstić information content (AvgIpc) is 3.09.